The maximum absolute atomic E-state index is 5.53. The van der Waals surface area contributed by atoms with E-state index in [4.69, 9.17) is 4.52 Å². The van der Waals surface area contributed by atoms with Gasteiger partial charge in [-0.3, -0.25) is 4.90 Å². The number of hydrogen-bond donors (Lipinski definition) is 0. The summed E-state index contributed by atoms with van der Waals surface area (Å²) in [5.74, 6) is 1.02. The minimum Gasteiger partial charge on any atom is -0.359 e. The van der Waals surface area contributed by atoms with Crippen LogP contribution in [0.25, 0.3) is 0 Å². The molecule has 0 radical (unpaired) electrons. The molecule has 1 aromatic heterocycles. The zero-order valence-corrected chi connectivity index (χ0v) is 13.3. The van der Waals surface area contributed by atoms with Crippen LogP contribution < -0.4 is 0 Å². The molecule has 0 aliphatic carbocycles. The lowest BCUT2D eigenvalue weighted by Gasteiger charge is -2.22. The van der Waals surface area contributed by atoms with Crippen molar-refractivity contribution >= 4 is 15.9 Å². The molecule has 20 heavy (non-hydrogen) atoms. The Bertz CT molecular complexity index is 581. The molecule has 3 rings (SSSR count). The third kappa shape index (κ3) is 2.96. The maximum atomic E-state index is 5.53. The number of aryl methyl sites for hydroxylation is 1. The second-order valence-corrected chi connectivity index (χ2v) is 6.25. The number of hydrogen-bond acceptors (Lipinski definition) is 3. The van der Waals surface area contributed by atoms with Crippen molar-refractivity contribution in [3.8, 4) is 0 Å². The quantitative estimate of drug-likeness (QED) is 0.832. The molecule has 1 fully saturated rings. The molecular weight excluding hydrogens is 316 g/mol. The number of halogens is 1. The Hall–Kier alpha value is -1.13. The molecule has 4 heteroatoms. The van der Waals surface area contributed by atoms with E-state index in [1.165, 1.54) is 12.0 Å². The first-order chi connectivity index (χ1) is 9.76. The molecule has 0 unspecified atom stereocenters. The van der Waals surface area contributed by atoms with Crippen molar-refractivity contribution in [2.75, 3.05) is 6.54 Å². The van der Waals surface area contributed by atoms with E-state index < -0.39 is 0 Å². The van der Waals surface area contributed by atoms with Crippen LogP contribution >= 0.6 is 15.9 Å². The van der Waals surface area contributed by atoms with E-state index >= 15 is 0 Å². The Balaban J connectivity index is 1.75. The van der Waals surface area contributed by atoms with Gasteiger partial charge >= 0.3 is 0 Å². The highest BCUT2D eigenvalue weighted by molar-refractivity contribution is 9.10. The molecule has 0 saturated carbocycles. The van der Waals surface area contributed by atoms with Crippen LogP contribution in [0.5, 0.6) is 0 Å². The number of benzene rings is 1. The van der Waals surface area contributed by atoms with Crippen LogP contribution in [0.3, 0.4) is 0 Å². The van der Waals surface area contributed by atoms with Crippen molar-refractivity contribution in [3.05, 3.63) is 51.8 Å². The van der Waals surface area contributed by atoms with Gasteiger partial charge in [0.25, 0.3) is 0 Å². The highest BCUT2D eigenvalue weighted by Gasteiger charge is 2.29. The van der Waals surface area contributed by atoms with E-state index in [0.717, 1.165) is 41.9 Å². The Morgan fingerprint density at radius 1 is 1.40 bits per heavy atom. The number of aromatic nitrogens is 1. The minimum absolute atomic E-state index is 0.377. The zero-order chi connectivity index (χ0) is 13.9. The van der Waals surface area contributed by atoms with Crippen LogP contribution in [0, 0.1) is 0 Å². The summed E-state index contributed by atoms with van der Waals surface area (Å²) in [6.07, 6.45) is 3.31. The summed E-state index contributed by atoms with van der Waals surface area (Å²) in [7, 11) is 0. The molecule has 3 nitrogen and oxygen atoms in total. The van der Waals surface area contributed by atoms with Crippen LogP contribution in [0.4, 0.5) is 0 Å². The first-order valence-corrected chi connectivity index (χ1v) is 7.99. The van der Waals surface area contributed by atoms with Crippen molar-refractivity contribution < 1.29 is 4.52 Å². The smallest absolute Gasteiger partial charge is 0.154 e. The van der Waals surface area contributed by atoms with E-state index in [1.807, 2.05) is 0 Å². The summed E-state index contributed by atoms with van der Waals surface area (Å²) in [6.45, 7) is 4.20. The first kappa shape index (κ1) is 13.8. The summed E-state index contributed by atoms with van der Waals surface area (Å²) < 4.78 is 6.67. The number of nitrogens with zero attached hydrogens (tertiary/aromatic N) is 2. The van der Waals surface area contributed by atoms with Gasteiger partial charge in [-0.25, -0.2) is 0 Å². The molecule has 1 saturated heterocycles. The number of rotatable bonds is 4. The summed E-state index contributed by atoms with van der Waals surface area (Å²) >= 11 is 3.54. The van der Waals surface area contributed by atoms with Crippen molar-refractivity contribution in [3.63, 3.8) is 0 Å². The summed E-state index contributed by atoms with van der Waals surface area (Å²) in [5.41, 5.74) is 2.39. The normalized spacial score (nSPS) is 19.6. The molecule has 106 valence electrons. The van der Waals surface area contributed by atoms with Crippen LogP contribution in [0.1, 0.15) is 42.8 Å². The fourth-order valence-electron chi connectivity index (χ4n) is 2.86. The minimum atomic E-state index is 0.377. The van der Waals surface area contributed by atoms with Crippen molar-refractivity contribution in [2.24, 2.45) is 0 Å². The monoisotopic (exact) mass is 334 g/mol. The van der Waals surface area contributed by atoms with Crippen LogP contribution in [0.15, 0.2) is 39.3 Å². The van der Waals surface area contributed by atoms with Crippen molar-refractivity contribution in [1.82, 2.24) is 10.1 Å². The van der Waals surface area contributed by atoms with Gasteiger partial charge in [-0.2, -0.15) is 0 Å². The highest BCUT2D eigenvalue weighted by atomic mass is 79.9. The summed E-state index contributed by atoms with van der Waals surface area (Å²) in [5, 5.41) is 4.13. The highest BCUT2D eigenvalue weighted by Crippen LogP contribution is 2.33. The van der Waals surface area contributed by atoms with Crippen LogP contribution in [-0.2, 0) is 13.0 Å². The lowest BCUT2D eigenvalue weighted by molar-refractivity contribution is 0.206. The first-order valence-electron chi connectivity index (χ1n) is 7.20. The van der Waals surface area contributed by atoms with Gasteiger partial charge in [-0.1, -0.05) is 40.1 Å². The Morgan fingerprint density at radius 2 is 2.30 bits per heavy atom. The Morgan fingerprint density at radius 3 is 3.05 bits per heavy atom. The second-order valence-electron chi connectivity index (χ2n) is 5.33. The standard InChI is InChI=1S/C16H19BrN2O/c1-2-14-10-16(20-18-14)15-7-4-8-19(15)11-12-5-3-6-13(17)9-12/h3,5-6,9-10,15H,2,4,7-8,11H2,1H3/t15-/m0/s1. The fourth-order valence-corrected chi connectivity index (χ4v) is 3.31. The molecule has 1 aromatic carbocycles. The van der Waals surface area contributed by atoms with Crippen molar-refractivity contribution in [2.45, 2.75) is 38.8 Å². The summed E-state index contributed by atoms with van der Waals surface area (Å²) in [4.78, 5) is 2.49. The molecule has 0 N–H and O–H groups in total. The van der Waals surface area contributed by atoms with Gasteiger partial charge in [0.2, 0.25) is 0 Å². The average molecular weight is 335 g/mol. The maximum Gasteiger partial charge on any atom is 0.154 e. The lowest BCUT2D eigenvalue weighted by Crippen LogP contribution is -2.22. The molecular formula is C16H19BrN2O. The third-order valence-electron chi connectivity index (χ3n) is 3.91. The molecule has 2 aromatic rings. The van der Waals surface area contributed by atoms with E-state index in [0.29, 0.717) is 6.04 Å². The van der Waals surface area contributed by atoms with E-state index in [1.54, 1.807) is 0 Å². The van der Waals surface area contributed by atoms with Gasteiger partial charge in [0, 0.05) is 17.1 Å². The van der Waals surface area contributed by atoms with Crippen LogP contribution in [0.2, 0.25) is 0 Å². The van der Waals surface area contributed by atoms with Gasteiger partial charge in [-0.15, -0.1) is 0 Å². The average Bonchev–Trinajstić information content (AvgIpc) is 3.06. The number of likely N-dealkylation sites (tertiary alicyclic amines) is 1. The molecule has 0 amide bonds. The van der Waals surface area contributed by atoms with Crippen molar-refractivity contribution in [1.29, 1.82) is 0 Å². The van der Waals surface area contributed by atoms with Crippen LogP contribution in [-0.4, -0.2) is 16.6 Å². The van der Waals surface area contributed by atoms with Gasteiger partial charge in [-0.05, 0) is 43.5 Å². The Kier molecular flexibility index (Phi) is 4.22. The fraction of sp³-hybridized carbons (Fsp3) is 0.438. The van der Waals surface area contributed by atoms with Gasteiger partial charge in [0.15, 0.2) is 5.76 Å². The summed E-state index contributed by atoms with van der Waals surface area (Å²) in [6, 6.07) is 11.0. The van der Waals surface area contributed by atoms with Gasteiger partial charge in [0.05, 0.1) is 11.7 Å². The third-order valence-corrected chi connectivity index (χ3v) is 4.40. The van der Waals surface area contributed by atoms with Gasteiger partial charge in [0.1, 0.15) is 0 Å². The predicted molar refractivity (Wildman–Crippen MR) is 82.4 cm³/mol. The van der Waals surface area contributed by atoms with E-state index in [9.17, 15) is 0 Å². The molecule has 1 atom stereocenters. The molecule has 0 bridgehead atoms. The van der Waals surface area contributed by atoms with Gasteiger partial charge < -0.3 is 4.52 Å². The van der Waals surface area contributed by atoms with E-state index in [2.05, 4.69) is 63.2 Å². The predicted octanol–water partition coefficient (Wildman–Crippen LogP) is 4.34. The topological polar surface area (TPSA) is 29.3 Å². The SMILES string of the molecule is CCc1cc([C@@H]2CCCN2Cc2cccc(Br)c2)on1. The molecule has 1 aliphatic heterocycles. The Labute approximate surface area is 128 Å². The molecule has 0 spiro atoms. The second kappa shape index (κ2) is 6.10. The van der Waals surface area contributed by atoms with E-state index in [-0.39, 0.29) is 0 Å². The molecule has 2 heterocycles. The lowest BCUT2D eigenvalue weighted by atomic mass is 10.1. The largest absolute Gasteiger partial charge is 0.359 e. The zero-order valence-electron chi connectivity index (χ0n) is 11.7. The molecule has 1 aliphatic rings.